The molecular formula is C6H14Ti. The van der Waals surface area contributed by atoms with Gasteiger partial charge in [0.25, 0.3) is 0 Å². The maximum Gasteiger partial charge on any atom is 0 e. The maximum absolute atomic E-state index is 2.25. The van der Waals surface area contributed by atoms with Crippen LogP contribution in [0.15, 0.2) is 0 Å². The molecule has 42 valence electrons. The average molecular weight is 134 g/mol. The van der Waals surface area contributed by atoms with Crippen LogP contribution in [0.25, 0.3) is 0 Å². The fraction of sp³-hybridized carbons (Fsp3) is 1.00. The second kappa shape index (κ2) is 6.71. The Bertz CT molecular complexity index is 25.4. The Balaban J connectivity index is 0. The molecule has 0 saturated carbocycles. The molecule has 0 aliphatic rings. The molecule has 0 radical (unpaired) electrons. The van der Waals surface area contributed by atoms with Crippen molar-refractivity contribution in [1.29, 1.82) is 0 Å². The zero-order chi connectivity index (χ0) is 4.99. The summed E-state index contributed by atoms with van der Waals surface area (Å²) in [6.07, 6.45) is 2.71. The van der Waals surface area contributed by atoms with Crippen LogP contribution < -0.4 is 0 Å². The van der Waals surface area contributed by atoms with E-state index < -0.39 is 0 Å². The molecule has 0 nitrogen and oxygen atoms in total. The molecule has 0 aromatic carbocycles. The predicted molar refractivity (Wildman–Crippen MR) is 29.7 cm³/mol. The molecule has 0 N–H and O–H groups in total. The standard InChI is InChI=1S/C6H14.Ti/c1-4-5-6(2)3;/h6H,4-5H2,1-3H3;. The largest absolute Gasteiger partial charge is 0.0654 e. The molecular weight excluding hydrogens is 120 g/mol. The molecule has 0 saturated heterocycles. The van der Waals surface area contributed by atoms with Gasteiger partial charge in [-0.15, -0.1) is 0 Å². The summed E-state index contributed by atoms with van der Waals surface area (Å²) < 4.78 is 0. The van der Waals surface area contributed by atoms with Crippen molar-refractivity contribution in [2.24, 2.45) is 5.92 Å². The van der Waals surface area contributed by atoms with Crippen molar-refractivity contribution in [2.45, 2.75) is 33.6 Å². The van der Waals surface area contributed by atoms with Gasteiger partial charge in [0.05, 0.1) is 0 Å². The molecule has 0 rings (SSSR count). The van der Waals surface area contributed by atoms with Crippen LogP contribution in [0.2, 0.25) is 0 Å². The van der Waals surface area contributed by atoms with Crippen molar-refractivity contribution < 1.29 is 21.7 Å². The van der Waals surface area contributed by atoms with Crippen molar-refractivity contribution in [2.75, 3.05) is 0 Å². The van der Waals surface area contributed by atoms with E-state index in [4.69, 9.17) is 0 Å². The smallest absolute Gasteiger partial charge is 0 e. The van der Waals surface area contributed by atoms with Gasteiger partial charge >= 0.3 is 0 Å². The first-order valence-corrected chi connectivity index (χ1v) is 2.77. The second-order valence-electron chi connectivity index (χ2n) is 2.18. The van der Waals surface area contributed by atoms with Crippen LogP contribution in [0.5, 0.6) is 0 Å². The second-order valence-corrected chi connectivity index (χ2v) is 2.18. The zero-order valence-electron chi connectivity index (χ0n) is 5.49. The van der Waals surface area contributed by atoms with Crippen molar-refractivity contribution in [3.63, 3.8) is 0 Å². The van der Waals surface area contributed by atoms with Crippen LogP contribution in [-0.4, -0.2) is 0 Å². The average Bonchev–Trinajstić information content (AvgIpc) is 1.35. The van der Waals surface area contributed by atoms with E-state index in [1.54, 1.807) is 0 Å². The van der Waals surface area contributed by atoms with Gasteiger partial charge in [0.2, 0.25) is 0 Å². The third-order valence-electron chi connectivity index (χ3n) is 0.866. The van der Waals surface area contributed by atoms with Gasteiger partial charge in [-0.05, 0) is 5.92 Å². The molecule has 0 aromatic heterocycles. The van der Waals surface area contributed by atoms with Gasteiger partial charge in [-0.25, -0.2) is 0 Å². The van der Waals surface area contributed by atoms with E-state index in [9.17, 15) is 0 Å². The third kappa shape index (κ3) is 10.8. The molecule has 0 heterocycles. The predicted octanol–water partition coefficient (Wildman–Crippen LogP) is 2.44. The van der Waals surface area contributed by atoms with Crippen LogP contribution >= 0.6 is 0 Å². The van der Waals surface area contributed by atoms with Crippen LogP contribution in [0, 0.1) is 5.92 Å². The Labute approximate surface area is 61.6 Å². The minimum absolute atomic E-state index is 0. The van der Waals surface area contributed by atoms with Crippen LogP contribution in [0.1, 0.15) is 33.6 Å². The van der Waals surface area contributed by atoms with Crippen molar-refractivity contribution in [3.8, 4) is 0 Å². The summed E-state index contributed by atoms with van der Waals surface area (Å²) >= 11 is 0. The fourth-order valence-corrected chi connectivity index (χ4v) is 0.577. The molecule has 0 unspecified atom stereocenters. The summed E-state index contributed by atoms with van der Waals surface area (Å²) in [6.45, 7) is 6.73. The molecule has 0 aliphatic carbocycles. The fourth-order valence-electron chi connectivity index (χ4n) is 0.577. The number of rotatable bonds is 2. The van der Waals surface area contributed by atoms with E-state index in [0.717, 1.165) is 5.92 Å². The summed E-state index contributed by atoms with van der Waals surface area (Å²) in [7, 11) is 0. The van der Waals surface area contributed by atoms with Gasteiger partial charge < -0.3 is 0 Å². The van der Waals surface area contributed by atoms with Crippen LogP contribution in [0.3, 0.4) is 0 Å². The first kappa shape index (κ1) is 10.7. The Morgan fingerprint density at radius 1 is 1.29 bits per heavy atom. The Hall–Kier alpha value is 0.714. The van der Waals surface area contributed by atoms with Gasteiger partial charge in [-0.3, -0.25) is 0 Å². The maximum atomic E-state index is 2.25. The molecule has 0 aromatic rings. The van der Waals surface area contributed by atoms with E-state index in [-0.39, 0.29) is 21.7 Å². The van der Waals surface area contributed by atoms with E-state index in [1.165, 1.54) is 12.8 Å². The molecule has 7 heavy (non-hydrogen) atoms. The molecule has 1 heteroatoms. The molecule has 0 fully saturated rings. The van der Waals surface area contributed by atoms with E-state index in [1.807, 2.05) is 0 Å². The van der Waals surface area contributed by atoms with E-state index >= 15 is 0 Å². The van der Waals surface area contributed by atoms with Gasteiger partial charge in [-0.1, -0.05) is 33.6 Å². The number of hydrogen-bond acceptors (Lipinski definition) is 0. The summed E-state index contributed by atoms with van der Waals surface area (Å²) in [6, 6.07) is 0. The minimum Gasteiger partial charge on any atom is -0.0654 e. The quantitative estimate of drug-likeness (QED) is 0.509. The first-order chi connectivity index (χ1) is 2.77. The third-order valence-corrected chi connectivity index (χ3v) is 0.866. The SMILES string of the molecule is CCCC(C)C.[Ti]. The molecule has 0 atom stereocenters. The van der Waals surface area contributed by atoms with Gasteiger partial charge in [-0.2, -0.15) is 0 Å². The first-order valence-electron chi connectivity index (χ1n) is 2.77. The topological polar surface area (TPSA) is 0 Å². The number of hydrogen-bond donors (Lipinski definition) is 0. The van der Waals surface area contributed by atoms with E-state index in [2.05, 4.69) is 20.8 Å². The van der Waals surface area contributed by atoms with Crippen LogP contribution in [-0.2, 0) is 21.7 Å². The van der Waals surface area contributed by atoms with Crippen LogP contribution in [0.4, 0.5) is 0 Å². The summed E-state index contributed by atoms with van der Waals surface area (Å²) in [5.41, 5.74) is 0. The molecule has 0 amide bonds. The van der Waals surface area contributed by atoms with E-state index in [0.29, 0.717) is 0 Å². The zero-order valence-corrected chi connectivity index (χ0v) is 7.05. The monoisotopic (exact) mass is 134 g/mol. The normalized spacial score (nSPS) is 8.57. The van der Waals surface area contributed by atoms with Gasteiger partial charge in [0.15, 0.2) is 0 Å². The van der Waals surface area contributed by atoms with Gasteiger partial charge in [0, 0.05) is 21.7 Å². The van der Waals surface area contributed by atoms with Crippen molar-refractivity contribution in [1.82, 2.24) is 0 Å². The molecule has 0 spiro atoms. The van der Waals surface area contributed by atoms with Crippen molar-refractivity contribution in [3.05, 3.63) is 0 Å². The Kier molecular flexibility index (Phi) is 10.2. The molecule has 0 bridgehead atoms. The Morgan fingerprint density at radius 2 is 1.71 bits per heavy atom. The summed E-state index contributed by atoms with van der Waals surface area (Å²) in [5, 5.41) is 0. The van der Waals surface area contributed by atoms with Gasteiger partial charge in [0.1, 0.15) is 0 Å². The summed E-state index contributed by atoms with van der Waals surface area (Å²) in [5.74, 6) is 0.898. The Morgan fingerprint density at radius 3 is 1.71 bits per heavy atom. The summed E-state index contributed by atoms with van der Waals surface area (Å²) in [4.78, 5) is 0. The molecule has 0 aliphatic heterocycles. The van der Waals surface area contributed by atoms with Crippen molar-refractivity contribution >= 4 is 0 Å². The minimum atomic E-state index is 0.